The monoisotopic (exact) mass is 549 g/mol. The first kappa shape index (κ1) is 31.0. The standard InChI is InChI=1S/C31H48FNO4S/c1-5-6-17-33(4)28(36)12-8-7-9-18-38-19-10-11-23-15-16-31(22-34)21-25(23)29(37-30(31,2)3)24-13-14-27(35)26(32)20-24/h13-15,20,25,29,34-35H,5-12,16-19,21-22H2,1-4H3. The van der Waals surface area contributed by atoms with E-state index in [4.69, 9.17) is 4.74 Å². The lowest BCUT2D eigenvalue weighted by molar-refractivity contribution is -0.223. The number of benzene rings is 1. The van der Waals surface area contributed by atoms with Gasteiger partial charge in [-0.3, -0.25) is 4.79 Å². The predicted molar refractivity (Wildman–Crippen MR) is 154 cm³/mol. The van der Waals surface area contributed by atoms with Crippen molar-refractivity contribution in [3.05, 3.63) is 41.2 Å². The summed E-state index contributed by atoms with van der Waals surface area (Å²) in [5.41, 5.74) is 1.19. The van der Waals surface area contributed by atoms with Crippen LogP contribution in [0.25, 0.3) is 0 Å². The number of hydrogen-bond donors (Lipinski definition) is 2. The first-order valence-electron chi connectivity index (χ1n) is 14.4. The van der Waals surface area contributed by atoms with Crippen LogP contribution in [-0.2, 0) is 9.53 Å². The van der Waals surface area contributed by atoms with Crippen molar-refractivity contribution in [1.29, 1.82) is 0 Å². The number of aliphatic hydroxyl groups excluding tert-OH is 1. The molecule has 0 radical (unpaired) electrons. The van der Waals surface area contributed by atoms with Crippen LogP contribution in [0.2, 0.25) is 0 Å². The van der Waals surface area contributed by atoms with E-state index < -0.39 is 11.4 Å². The lowest BCUT2D eigenvalue weighted by Crippen LogP contribution is -2.56. The van der Waals surface area contributed by atoms with Crippen molar-refractivity contribution < 1.29 is 24.1 Å². The van der Waals surface area contributed by atoms with Crippen molar-refractivity contribution >= 4 is 17.7 Å². The van der Waals surface area contributed by atoms with E-state index in [9.17, 15) is 19.4 Å². The third kappa shape index (κ3) is 7.54. The molecule has 3 unspecified atom stereocenters. The predicted octanol–water partition coefficient (Wildman–Crippen LogP) is 7.03. The SMILES string of the molecule is CCCCN(C)C(=O)CCCCCSCCCC1=CCC2(CO)CC1C(c1ccc(O)c(F)c1)OC2(C)C. The van der Waals surface area contributed by atoms with E-state index in [1.807, 2.05) is 37.6 Å². The van der Waals surface area contributed by atoms with Crippen LogP contribution in [0, 0.1) is 17.2 Å². The summed E-state index contributed by atoms with van der Waals surface area (Å²) in [6.07, 6.45) is 11.7. The number of nitrogens with zero attached hydrogens (tertiary/aromatic N) is 1. The molecule has 0 spiro atoms. The van der Waals surface area contributed by atoms with E-state index in [-0.39, 0.29) is 35.7 Å². The first-order valence-corrected chi connectivity index (χ1v) is 15.6. The topological polar surface area (TPSA) is 70.0 Å². The fourth-order valence-electron chi connectivity index (χ4n) is 5.89. The highest BCUT2D eigenvalue weighted by Gasteiger charge is 2.55. The molecule has 1 heterocycles. The molecule has 5 nitrogen and oxygen atoms in total. The van der Waals surface area contributed by atoms with Gasteiger partial charge in [-0.25, -0.2) is 4.39 Å². The molecule has 1 aromatic rings. The van der Waals surface area contributed by atoms with Crippen molar-refractivity contribution in [2.24, 2.45) is 11.3 Å². The molecule has 214 valence electrons. The zero-order valence-electron chi connectivity index (χ0n) is 23.8. The molecule has 1 saturated heterocycles. The number of carbonyl (C=O) groups is 1. The molecule has 0 aromatic heterocycles. The molecule has 1 aliphatic carbocycles. The van der Waals surface area contributed by atoms with Crippen molar-refractivity contribution in [3.8, 4) is 5.75 Å². The summed E-state index contributed by atoms with van der Waals surface area (Å²) in [5.74, 6) is 1.57. The summed E-state index contributed by atoms with van der Waals surface area (Å²) < 4.78 is 20.8. The van der Waals surface area contributed by atoms with Gasteiger partial charge >= 0.3 is 0 Å². The average Bonchev–Trinajstić information content (AvgIpc) is 2.90. The number of fused-ring (bicyclic) bond motifs is 2. The maximum atomic E-state index is 14.2. The van der Waals surface area contributed by atoms with Crippen LogP contribution in [0.4, 0.5) is 4.39 Å². The van der Waals surface area contributed by atoms with Gasteiger partial charge in [0.15, 0.2) is 11.6 Å². The number of aromatic hydroxyl groups is 1. The number of hydrogen-bond acceptors (Lipinski definition) is 5. The van der Waals surface area contributed by atoms with Crippen LogP contribution in [0.5, 0.6) is 5.75 Å². The highest BCUT2D eigenvalue weighted by Crippen LogP contribution is 2.58. The van der Waals surface area contributed by atoms with Crippen molar-refractivity contribution in [1.82, 2.24) is 4.90 Å². The number of aliphatic hydroxyl groups is 1. The number of thioether (sulfide) groups is 1. The third-order valence-corrected chi connectivity index (χ3v) is 9.87. The van der Waals surface area contributed by atoms with E-state index in [1.54, 1.807) is 6.07 Å². The number of phenolic OH excluding ortho intramolecular Hbond substituents is 1. The Labute approximate surface area is 233 Å². The Hall–Kier alpha value is -1.57. The van der Waals surface area contributed by atoms with Gasteiger partial charge in [-0.05, 0) is 88.0 Å². The van der Waals surface area contributed by atoms with E-state index in [1.165, 1.54) is 17.7 Å². The number of rotatable bonds is 15. The molecule has 7 heteroatoms. The number of allylic oxidation sites excluding steroid dienone is 1. The van der Waals surface area contributed by atoms with Crippen molar-refractivity contribution in [3.63, 3.8) is 0 Å². The van der Waals surface area contributed by atoms with Crippen LogP contribution in [0.15, 0.2) is 29.8 Å². The molecule has 3 rings (SSSR count). The zero-order valence-corrected chi connectivity index (χ0v) is 24.6. The van der Waals surface area contributed by atoms with Gasteiger partial charge in [0.1, 0.15) is 0 Å². The molecular weight excluding hydrogens is 501 g/mol. The number of ether oxygens (including phenoxy) is 1. The van der Waals surface area contributed by atoms with Gasteiger partial charge < -0.3 is 19.8 Å². The van der Waals surface area contributed by atoms with E-state index in [0.717, 1.165) is 81.4 Å². The number of phenols is 1. The zero-order chi connectivity index (χ0) is 27.8. The quantitative estimate of drug-likeness (QED) is 0.182. The smallest absolute Gasteiger partial charge is 0.222 e. The van der Waals surface area contributed by atoms with Gasteiger partial charge in [-0.1, -0.05) is 37.5 Å². The molecule has 2 N–H and O–H groups in total. The highest BCUT2D eigenvalue weighted by molar-refractivity contribution is 7.99. The molecule has 1 aliphatic heterocycles. The highest BCUT2D eigenvalue weighted by atomic mass is 32.2. The summed E-state index contributed by atoms with van der Waals surface area (Å²) >= 11 is 1.97. The minimum atomic E-state index is -0.631. The Morgan fingerprint density at radius 2 is 1.95 bits per heavy atom. The maximum absolute atomic E-state index is 14.2. The lowest BCUT2D eigenvalue weighted by atomic mass is 9.58. The number of halogens is 1. The van der Waals surface area contributed by atoms with E-state index in [2.05, 4.69) is 13.0 Å². The van der Waals surface area contributed by atoms with E-state index in [0.29, 0.717) is 6.42 Å². The third-order valence-electron chi connectivity index (χ3n) is 8.72. The molecule has 2 aliphatic rings. The maximum Gasteiger partial charge on any atom is 0.222 e. The minimum absolute atomic E-state index is 0.0629. The normalized spacial score (nSPS) is 24.2. The number of carbonyl (C=O) groups excluding carboxylic acids is 1. The Morgan fingerprint density at radius 1 is 1.18 bits per heavy atom. The van der Waals surface area contributed by atoms with Crippen LogP contribution < -0.4 is 0 Å². The Balaban J connectivity index is 1.46. The van der Waals surface area contributed by atoms with E-state index >= 15 is 0 Å². The van der Waals surface area contributed by atoms with Crippen LogP contribution in [0.3, 0.4) is 0 Å². The van der Waals surface area contributed by atoms with Gasteiger partial charge in [0.2, 0.25) is 5.91 Å². The van der Waals surface area contributed by atoms with Crippen molar-refractivity contribution in [2.75, 3.05) is 31.7 Å². The summed E-state index contributed by atoms with van der Waals surface area (Å²) in [6, 6.07) is 4.54. The molecule has 0 saturated carbocycles. The molecule has 1 aromatic carbocycles. The van der Waals surface area contributed by atoms with Gasteiger partial charge in [-0.15, -0.1) is 0 Å². The molecular formula is C31H48FNO4S. The second-order valence-electron chi connectivity index (χ2n) is 11.7. The molecule has 1 amide bonds. The van der Waals surface area contributed by atoms with Gasteiger partial charge in [0.05, 0.1) is 18.3 Å². The summed E-state index contributed by atoms with van der Waals surface area (Å²) in [7, 11) is 1.91. The fraction of sp³-hybridized carbons (Fsp3) is 0.710. The first-order chi connectivity index (χ1) is 18.1. The van der Waals surface area contributed by atoms with Crippen LogP contribution in [-0.4, -0.2) is 58.3 Å². The van der Waals surface area contributed by atoms with Crippen LogP contribution >= 0.6 is 11.8 Å². The minimum Gasteiger partial charge on any atom is -0.505 e. The summed E-state index contributed by atoms with van der Waals surface area (Å²) in [4.78, 5) is 14.0. The molecule has 3 atom stereocenters. The second-order valence-corrected chi connectivity index (χ2v) is 12.9. The molecule has 38 heavy (non-hydrogen) atoms. The molecule has 2 bridgehead atoms. The Kier molecular flexibility index (Phi) is 11.6. The molecule has 1 fully saturated rings. The van der Waals surface area contributed by atoms with Gasteiger partial charge in [-0.2, -0.15) is 11.8 Å². The largest absolute Gasteiger partial charge is 0.505 e. The fourth-order valence-corrected chi connectivity index (χ4v) is 6.85. The summed E-state index contributed by atoms with van der Waals surface area (Å²) in [5, 5.41) is 20.0. The average molecular weight is 550 g/mol. The van der Waals surface area contributed by atoms with Gasteiger partial charge in [0.25, 0.3) is 0 Å². The summed E-state index contributed by atoms with van der Waals surface area (Å²) in [6.45, 7) is 7.12. The van der Waals surface area contributed by atoms with Gasteiger partial charge in [0, 0.05) is 31.3 Å². The Morgan fingerprint density at radius 3 is 2.66 bits per heavy atom. The lowest BCUT2D eigenvalue weighted by Gasteiger charge is -2.57. The number of unbranched alkanes of at least 4 members (excludes halogenated alkanes) is 3. The number of amides is 1. The van der Waals surface area contributed by atoms with Crippen molar-refractivity contribution in [2.45, 2.75) is 96.7 Å². The van der Waals surface area contributed by atoms with Crippen LogP contribution in [0.1, 0.15) is 96.6 Å². The Bertz CT molecular complexity index is 952. The second kappa shape index (κ2) is 14.2.